The Bertz CT molecular complexity index is 877. The van der Waals surface area contributed by atoms with Crippen LogP contribution in [0.25, 0.3) is 5.69 Å². The van der Waals surface area contributed by atoms with Gasteiger partial charge in [0.1, 0.15) is 17.9 Å². The summed E-state index contributed by atoms with van der Waals surface area (Å²) in [4.78, 5) is 22.5. The Balaban J connectivity index is 1.77. The number of nitro benzene ring substituents is 1. The Morgan fingerprint density at radius 2 is 1.83 bits per heavy atom. The maximum atomic E-state index is 12.1. The largest absolute Gasteiger partial charge is 0.455 e. The summed E-state index contributed by atoms with van der Waals surface area (Å²) in [5.41, 5.74) is 0.929. The molecule has 0 aliphatic heterocycles. The second kappa shape index (κ2) is 6.69. The number of aromatic nitrogens is 3. The minimum Gasteiger partial charge on any atom is -0.455 e. The van der Waals surface area contributed by atoms with Crippen molar-refractivity contribution in [1.82, 2.24) is 15.0 Å². The van der Waals surface area contributed by atoms with Crippen molar-refractivity contribution in [3.63, 3.8) is 0 Å². The van der Waals surface area contributed by atoms with E-state index >= 15 is 0 Å². The molecule has 0 unspecified atom stereocenters. The molecular formula is C16H12N4O4. The van der Waals surface area contributed by atoms with Crippen molar-refractivity contribution in [2.45, 2.75) is 6.61 Å². The van der Waals surface area contributed by atoms with Crippen molar-refractivity contribution >= 4 is 11.7 Å². The molecule has 0 amide bonds. The smallest absolute Gasteiger partial charge is 0.345 e. The van der Waals surface area contributed by atoms with Gasteiger partial charge in [-0.2, -0.15) is 0 Å². The summed E-state index contributed by atoms with van der Waals surface area (Å²) in [6.07, 6.45) is 1.47. The van der Waals surface area contributed by atoms with Gasteiger partial charge in [-0.05, 0) is 18.2 Å². The van der Waals surface area contributed by atoms with Gasteiger partial charge in [0.05, 0.1) is 16.8 Å². The monoisotopic (exact) mass is 324 g/mol. The first-order valence-electron chi connectivity index (χ1n) is 7.02. The van der Waals surface area contributed by atoms with Crippen molar-refractivity contribution in [2.24, 2.45) is 0 Å². The third kappa shape index (κ3) is 3.12. The van der Waals surface area contributed by atoms with Crippen LogP contribution in [-0.4, -0.2) is 25.9 Å². The molecule has 0 spiro atoms. The molecule has 24 heavy (non-hydrogen) atoms. The summed E-state index contributed by atoms with van der Waals surface area (Å²) in [5.74, 6) is -0.775. The van der Waals surface area contributed by atoms with Gasteiger partial charge in [-0.1, -0.05) is 35.5 Å². The van der Waals surface area contributed by atoms with E-state index in [2.05, 4.69) is 10.3 Å². The molecule has 0 aliphatic carbocycles. The van der Waals surface area contributed by atoms with E-state index in [4.69, 9.17) is 4.74 Å². The highest BCUT2D eigenvalue weighted by atomic mass is 16.6. The van der Waals surface area contributed by atoms with Crippen LogP contribution in [-0.2, 0) is 11.3 Å². The topological polar surface area (TPSA) is 100 Å². The molecule has 120 valence electrons. The zero-order valence-electron chi connectivity index (χ0n) is 12.4. The van der Waals surface area contributed by atoms with E-state index in [1.54, 1.807) is 6.07 Å². The molecule has 3 rings (SSSR count). The van der Waals surface area contributed by atoms with E-state index in [1.807, 2.05) is 30.3 Å². The predicted octanol–water partition coefficient (Wildman–Crippen LogP) is 2.53. The van der Waals surface area contributed by atoms with Gasteiger partial charge >= 0.3 is 5.97 Å². The van der Waals surface area contributed by atoms with Crippen molar-refractivity contribution in [3.05, 3.63) is 82.2 Å². The molecule has 8 nitrogen and oxygen atoms in total. The summed E-state index contributed by atoms with van der Waals surface area (Å²) in [6.45, 7) is -0.104. The lowest BCUT2D eigenvalue weighted by Crippen LogP contribution is -2.10. The van der Waals surface area contributed by atoms with E-state index in [1.165, 1.54) is 29.1 Å². The number of esters is 1. The van der Waals surface area contributed by atoms with E-state index < -0.39 is 10.9 Å². The van der Waals surface area contributed by atoms with Crippen LogP contribution in [0.3, 0.4) is 0 Å². The lowest BCUT2D eigenvalue weighted by Gasteiger charge is -2.07. The number of para-hydroxylation sites is 2. The first kappa shape index (κ1) is 15.3. The average Bonchev–Trinajstić information content (AvgIpc) is 3.09. The Morgan fingerprint density at radius 1 is 1.12 bits per heavy atom. The number of benzene rings is 2. The van der Waals surface area contributed by atoms with Crippen LogP contribution in [0.4, 0.5) is 5.69 Å². The van der Waals surface area contributed by atoms with Crippen molar-refractivity contribution < 1.29 is 14.5 Å². The fourth-order valence-electron chi connectivity index (χ4n) is 2.16. The number of nitrogens with zero attached hydrogens (tertiary/aromatic N) is 4. The molecule has 2 aromatic carbocycles. The molecule has 0 fully saturated rings. The van der Waals surface area contributed by atoms with Crippen molar-refractivity contribution in [2.75, 3.05) is 0 Å². The zero-order valence-corrected chi connectivity index (χ0v) is 12.4. The van der Waals surface area contributed by atoms with Gasteiger partial charge < -0.3 is 4.74 Å². The molecule has 3 aromatic rings. The highest BCUT2D eigenvalue weighted by Gasteiger charge is 2.21. The van der Waals surface area contributed by atoms with E-state index in [0.717, 1.165) is 5.69 Å². The Morgan fingerprint density at radius 3 is 2.58 bits per heavy atom. The van der Waals surface area contributed by atoms with Gasteiger partial charge in [0.25, 0.3) is 5.69 Å². The number of nitro groups is 1. The minimum atomic E-state index is -0.775. The summed E-state index contributed by atoms with van der Waals surface area (Å²) < 4.78 is 6.72. The molecule has 0 radical (unpaired) electrons. The van der Waals surface area contributed by atoms with Gasteiger partial charge in [-0.15, -0.1) is 5.10 Å². The SMILES string of the molecule is O=C(OCc1cnnn1-c1ccccc1)c1ccccc1[N+](=O)[O-]. The summed E-state index contributed by atoms with van der Waals surface area (Å²) >= 11 is 0. The lowest BCUT2D eigenvalue weighted by atomic mass is 10.2. The van der Waals surface area contributed by atoms with Crippen LogP contribution >= 0.6 is 0 Å². The molecule has 8 heteroatoms. The normalized spacial score (nSPS) is 10.3. The second-order valence-electron chi connectivity index (χ2n) is 4.82. The van der Waals surface area contributed by atoms with E-state index in [0.29, 0.717) is 5.69 Å². The highest BCUT2D eigenvalue weighted by molar-refractivity contribution is 5.93. The van der Waals surface area contributed by atoms with Crippen LogP contribution in [0, 0.1) is 10.1 Å². The minimum absolute atomic E-state index is 0.0961. The van der Waals surface area contributed by atoms with Crippen molar-refractivity contribution in [3.8, 4) is 5.69 Å². The van der Waals surface area contributed by atoms with E-state index in [-0.39, 0.29) is 17.9 Å². The second-order valence-corrected chi connectivity index (χ2v) is 4.82. The zero-order chi connectivity index (χ0) is 16.9. The number of hydrogen-bond acceptors (Lipinski definition) is 6. The van der Waals surface area contributed by atoms with Crippen LogP contribution in [0.1, 0.15) is 16.1 Å². The molecule has 0 saturated carbocycles. The lowest BCUT2D eigenvalue weighted by molar-refractivity contribution is -0.385. The Hall–Kier alpha value is -3.55. The fourth-order valence-corrected chi connectivity index (χ4v) is 2.16. The maximum absolute atomic E-state index is 12.1. The summed E-state index contributed by atoms with van der Waals surface area (Å²) in [5, 5.41) is 18.7. The Kier molecular flexibility index (Phi) is 4.28. The molecular weight excluding hydrogens is 312 g/mol. The first-order chi connectivity index (χ1) is 11.7. The molecule has 1 aromatic heterocycles. The quantitative estimate of drug-likeness (QED) is 0.406. The summed E-state index contributed by atoms with van der Waals surface area (Å²) in [7, 11) is 0. The van der Waals surface area contributed by atoms with Crippen LogP contribution in [0.15, 0.2) is 60.8 Å². The molecule has 0 aliphatic rings. The van der Waals surface area contributed by atoms with Gasteiger partial charge in [-0.25, -0.2) is 9.48 Å². The van der Waals surface area contributed by atoms with Gasteiger partial charge in [0.15, 0.2) is 0 Å². The average molecular weight is 324 g/mol. The molecule has 0 atom stereocenters. The van der Waals surface area contributed by atoms with Gasteiger partial charge in [0.2, 0.25) is 0 Å². The Labute approximate surface area is 136 Å². The van der Waals surface area contributed by atoms with Crippen LogP contribution in [0.5, 0.6) is 0 Å². The van der Waals surface area contributed by atoms with Gasteiger partial charge in [-0.3, -0.25) is 10.1 Å². The standard InChI is InChI=1S/C16H12N4O4/c21-16(14-8-4-5-9-15(14)20(22)23)24-11-13-10-17-18-19(13)12-6-2-1-3-7-12/h1-10H,11H2. The molecule has 1 heterocycles. The number of rotatable bonds is 5. The van der Waals surface area contributed by atoms with Gasteiger partial charge in [0, 0.05) is 6.07 Å². The fraction of sp³-hybridized carbons (Fsp3) is 0.0625. The first-order valence-corrected chi connectivity index (χ1v) is 7.02. The van der Waals surface area contributed by atoms with Crippen LogP contribution in [0.2, 0.25) is 0 Å². The van der Waals surface area contributed by atoms with Crippen LogP contribution < -0.4 is 0 Å². The van der Waals surface area contributed by atoms with Crippen molar-refractivity contribution in [1.29, 1.82) is 0 Å². The predicted molar refractivity (Wildman–Crippen MR) is 83.6 cm³/mol. The highest BCUT2D eigenvalue weighted by Crippen LogP contribution is 2.19. The third-order valence-electron chi connectivity index (χ3n) is 3.29. The number of hydrogen-bond donors (Lipinski definition) is 0. The molecule has 0 saturated heterocycles. The number of carbonyl (C=O) groups excluding carboxylic acids is 1. The molecule has 0 bridgehead atoms. The number of carbonyl (C=O) groups is 1. The van der Waals surface area contributed by atoms with E-state index in [9.17, 15) is 14.9 Å². The number of ether oxygens (including phenoxy) is 1. The molecule has 0 N–H and O–H groups in total. The summed E-state index contributed by atoms with van der Waals surface area (Å²) in [6, 6.07) is 14.9. The third-order valence-corrected chi connectivity index (χ3v) is 3.29. The maximum Gasteiger partial charge on any atom is 0.345 e.